The van der Waals surface area contributed by atoms with Gasteiger partial charge in [-0.1, -0.05) is 22.9 Å². The maximum absolute atomic E-state index is 13.4. The first-order valence-electron chi connectivity index (χ1n) is 10.7. The monoisotopic (exact) mass is 517 g/mol. The van der Waals surface area contributed by atoms with E-state index in [0.717, 1.165) is 11.3 Å². The van der Waals surface area contributed by atoms with Gasteiger partial charge < -0.3 is 9.88 Å². The first-order valence-corrected chi connectivity index (χ1v) is 13.7. The SMILES string of the molecule is Cc1ccc(S(=O)(=O)c2nnn3c2[nH]c(=O)c2ccc(N4CCN(S(N)(=O)=O)CC4)cc23)c(C)c1. The number of nitrogens with two attached hydrogens (primary N) is 1. The standard InChI is InChI=1S/C21H23N7O5S2/c1-13-3-6-18(14(2)11-13)34(30,31)21-19-23-20(29)16-5-4-15(12-17(16)28(19)25-24-21)26-7-9-27(10-8-26)35(22,32)33/h3-6,11-12H,7-10H2,1-2H3,(H,23,29)(H2,22,32,33). The second-order valence-electron chi connectivity index (χ2n) is 8.51. The fraction of sp³-hybridized carbons (Fsp3) is 0.286. The molecule has 0 saturated carbocycles. The average molecular weight is 518 g/mol. The molecule has 3 heterocycles. The zero-order valence-corrected chi connectivity index (χ0v) is 20.6. The van der Waals surface area contributed by atoms with Crippen molar-refractivity contribution < 1.29 is 16.8 Å². The fourth-order valence-corrected chi connectivity index (χ4v) is 6.54. The number of nitrogens with zero attached hydrogens (tertiary/aromatic N) is 5. The number of hydrogen-bond acceptors (Lipinski definition) is 8. The van der Waals surface area contributed by atoms with Crippen molar-refractivity contribution in [2.24, 2.45) is 5.14 Å². The van der Waals surface area contributed by atoms with E-state index in [1.54, 1.807) is 37.3 Å². The van der Waals surface area contributed by atoms with E-state index in [1.807, 2.05) is 11.8 Å². The summed E-state index contributed by atoms with van der Waals surface area (Å²) in [7, 11) is -7.81. The van der Waals surface area contributed by atoms with Crippen molar-refractivity contribution in [3.05, 3.63) is 57.9 Å². The molecule has 0 spiro atoms. The normalized spacial score (nSPS) is 15.8. The molecule has 5 rings (SSSR count). The maximum atomic E-state index is 13.4. The zero-order chi connectivity index (χ0) is 25.1. The second kappa shape index (κ2) is 8.12. The molecule has 14 heteroatoms. The summed E-state index contributed by atoms with van der Waals surface area (Å²) < 4.78 is 52.5. The number of fused-ring (bicyclic) bond motifs is 3. The Labute approximate surface area is 201 Å². The van der Waals surface area contributed by atoms with Gasteiger partial charge in [0.1, 0.15) is 0 Å². The molecule has 0 unspecified atom stereocenters. The lowest BCUT2D eigenvalue weighted by Crippen LogP contribution is -2.50. The van der Waals surface area contributed by atoms with Crippen LogP contribution >= 0.6 is 0 Å². The molecule has 2 aromatic carbocycles. The van der Waals surface area contributed by atoms with Crippen LogP contribution in [0.2, 0.25) is 0 Å². The largest absolute Gasteiger partial charge is 0.369 e. The number of aryl methyl sites for hydroxylation is 2. The molecule has 184 valence electrons. The lowest BCUT2D eigenvalue weighted by atomic mass is 10.2. The minimum absolute atomic E-state index is 0.0290. The van der Waals surface area contributed by atoms with E-state index in [0.29, 0.717) is 29.6 Å². The highest BCUT2D eigenvalue weighted by atomic mass is 32.2. The highest BCUT2D eigenvalue weighted by Gasteiger charge is 2.28. The van der Waals surface area contributed by atoms with Gasteiger partial charge in [-0.25, -0.2) is 13.6 Å². The van der Waals surface area contributed by atoms with Gasteiger partial charge in [0.05, 0.1) is 15.8 Å². The summed E-state index contributed by atoms with van der Waals surface area (Å²) in [5.41, 5.74) is 2.09. The third-order valence-corrected chi connectivity index (χ3v) is 9.07. The Morgan fingerprint density at radius 3 is 2.34 bits per heavy atom. The Bertz CT molecular complexity index is 1750. The van der Waals surface area contributed by atoms with Crippen LogP contribution in [0.1, 0.15) is 11.1 Å². The van der Waals surface area contributed by atoms with Crippen molar-refractivity contribution >= 4 is 42.3 Å². The third kappa shape index (κ3) is 3.97. The Morgan fingerprint density at radius 2 is 1.69 bits per heavy atom. The zero-order valence-electron chi connectivity index (χ0n) is 19.0. The van der Waals surface area contributed by atoms with E-state index in [1.165, 1.54) is 14.9 Å². The Kier molecular flexibility index (Phi) is 5.43. The van der Waals surface area contributed by atoms with Gasteiger partial charge in [0.25, 0.3) is 15.8 Å². The van der Waals surface area contributed by atoms with Crippen LogP contribution in [0.4, 0.5) is 5.69 Å². The van der Waals surface area contributed by atoms with E-state index in [4.69, 9.17) is 5.14 Å². The van der Waals surface area contributed by atoms with Crippen LogP contribution in [-0.4, -0.2) is 67.1 Å². The number of H-pyrrole nitrogens is 1. The van der Waals surface area contributed by atoms with Crippen LogP contribution in [0.3, 0.4) is 0 Å². The highest BCUT2D eigenvalue weighted by Crippen LogP contribution is 2.27. The predicted octanol–water partition coefficient (Wildman–Crippen LogP) is 0.346. The number of sulfone groups is 1. The summed E-state index contributed by atoms with van der Waals surface area (Å²) >= 11 is 0. The molecule has 0 bridgehead atoms. The molecule has 0 aliphatic carbocycles. The molecule has 1 aliphatic heterocycles. The lowest BCUT2D eigenvalue weighted by molar-refractivity contribution is 0.385. The van der Waals surface area contributed by atoms with Crippen LogP contribution in [-0.2, 0) is 20.0 Å². The fourth-order valence-electron chi connectivity index (χ4n) is 4.39. The van der Waals surface area contributed by atoms with Crippen LogP contribution < -0.4 is 15.6 Å². The molecule has 1 aliphatic rings. The number of benzene rings is 2. The van der Waals surface area contributed by atoms with Gasteiger partial charge in [-0.05, 0) is 43.7 Å². The van der Waals surface area contributed by atoms with Crippen LogP contribution in [0, 0.1) is 13.8 Å². The first kappa shape index (κ1) is 23.4. The number of nitrogens with one attached hydrogen (secondary N) is 1. The van der Waals surface area contributed by atoms with E-state index in [9.17, 15) is 21.6 Å². The van der Waals surface area contributed by atoms with Crippen molar-refractivity contribution in [2.45, 2.75) is 23.8 Å². The maximum Gasteiger partial charge on any atom is 0.277 e. The van der Waals surface area contributed by atoms with Crippen molar-refractivity contribution in [2.75, 3.05) is 31.1 Å². The Balaban J connectivity index is 1.60. The summed E-state index contributed by atoms with van der Waals surface area (Å²) in [5, 5.41) is 13.2. The molecule has 1 fully saturated rings. The number of hydrogen-bond donors (Lipinski definition) is 2. The minimum Gasteiger partial charge on any atom is -0.369 e. The third-order valence-electron chi connectivity index (χ3n) is 6.16. The van der Waals surface area contributed by atoms with E-state index in [-0.39, 0.29) is 28.7 Å². The van der Waals surface area contributed by atoms with Gasteiger partial charge >= 0.3 is 0 Å². The molecular formula is C21H23N7O5S2. The van der Waals surface area contributed by atoms with Gasteiger partial charge in [-0.2, -0.15) is 17.2 Å². The Hall–Kier alpha value is -3.33. The van der Waals surface area contributed by atoms with Crippen molar-refractivity contribution in [1.29, 1.82) is 0 Å². The van der Waals surface area contributed by atoms with Crippen molar-refractivity contribution in [1.82, 2.24) is 24.1 Å². The first-order chi connectivity index (χ1) is 16.5. The number of anilines is 1. The quantitative estimate of drug-likeness (QED) is 0.391. The van der Waals surface area contributed by atoms with Gasteiger partial charge in [0.15, 0.2) is 5.65 Å². The van der Waals surface area contributed by atoms with E-state index in [2.05, 4.69) is 15.3 Å². The molecule has 35 heavy (non-hydrogen) atoms. The lowest BCUT2D eigenvalue weighted by Gasteiger charge is -2.34. The smallest absolute Gasteiger partial charge is 0.277 e. The van der Waals surface area contributed by atoms with Crippen LogP contribution in [0.15, 0.2) is 51.1 Å². The highest BCUT2D eigenvalue weighted by molar-refractivity contribution is 7.91. The number of rotatable bonds is 4. The number of piperazine rings is 1. The number of aromatic nitrogens is 4. The molecular weight excluding hydrogens is 494 g/mol. The van der Waals surface area contributed by atoms with Crippen molar-refractivity contribution in [3.8, 4) is 0 Å². The molecule has 12 nitrogen and oxygen atoms in total. The van der Waals surface area contributed by atoms with Gasteiger partial charge in [0, 0.05) is 31.9 Å². The van der Waals surface area contributed by atoms with E-state index >= 15 is 0 Å². The topological polar surface area (TPSA) is 164 Å². The van der Waals surface area contributed by atoms with Crippen LogP contribution in [0.25, 0.3) is 16.6 Å². The summed E-state index contributed by atoms with van der Waals surface area (Å²) in [6.07, 6.45) is 0. The molecule has 3 N–H and O–H groups in total. The summed E-state index contributed by atoms with van der Waals surface area (Å²) in [5.74, 6) is 0. The van der Waals surface area contributed by atoms with Gasteiger partial charge in [0.2, 0.25) is 14.9 Å². The molecule has 0 atom stereocenters. The summed E-state index contributed by atoms with van der Waals surface area (Å²) in [6.45, 7) is 4.82. The number of aromatic amines is 1. The average Bonchev–Trinajstić information content (AvgIpc) is 3.23. The molecule has 0 amide bonds. The van der Waals surface area contributed by atoms with Gasteiger partial charge in [-0.15, -0.1) is 5.10 Å². The molecule has 2 aromatic heterocycles. The van der Waals surface area contributed by atoms with Gasteiger partial charge in [-0.3, -0.25) is 4.79 Å². The Morgan fingerprint density at radius 1 is 0.971 bits per heavy atom. The summed E-state index contributed by atoms with van der Waals surface area (Å²) in [4.78, 5) is 17.5. The van der Waals surface area contributed by atoms with Crippen LogP contribution in [0.5, 0.6) is 0 Å². The van der Waals surface area contributed by atoms with E-state index < -0.39 is 25.6 Å². The molecule has 0 radical (unpaired) electrons. The molecule has 1 saturated heterocycles. The minimum atomic E-state index is -4.06. The molecule has 4 aromatic rings. The van der Waals surface area contributed by atoms with Crippen molar-refractivity contribution in [3.63, 3.8) is 0 Å². The summed E-state index contributed by atoms with van der Waals surface area (Å²) in [6, 6.07) is 10.1. The second-order valence-corrected chi connectivity index (χ2v) is 11.9. The predicted molar refractivity (Wildman–Crippen MR) is 129 cm³/mol.